The summed E-state index contributed by atoms with van der Waals surface area (Å²) in [5.41, 5.74) is -1.32. The lowest BCUT2D eigenvalue weighted by atomic mass is 9.91. The highest BCUT2D eigenvalue weighted by Crippen LogP contribution is 2.32. The van der Waals surface area contributed by atoms with E-state index in [0.717, 1.165) is 19.3 Å². The van der Waals surface area contributed by atoms with Crippen LogP contribution in [0, 0.1) is 0 Å². The molecule has 1 unspecified atom stereocenters. The maximum absolute atomic E-state index is 12.8. The van der Waals surface area contributed by atoms with Crippen molar-refractivity contribution in [1.82, 2.24) is 8.61 Å². The van der Waals surface area contributed by atoms with Crippen LogP contribution in [0.2, 0.25) is 0 Å². The molecule has 0 aliphatic carbocycles. The molecule has 6 nitrogen and oxygen atoms in total. The van der Waals surface area contributed by atoms with Crippen LogP contribution in [0.15, 0.2) is 0 Å². The van der Waals surface area contributed by atoms with E-state index in [2.05, 4.69) is 0 Å². The first-order valence-electron chi connectivity index (χ1n) is 7.32. The summed E-state index contributed by atoms with van der Waals surface area (Å²) < 4.78 is 28.2. The number of carbonyl (C=O) groups is 1. The quantitative estimate of drug-likeness (QED) is 0.776. The van der Waals surface area contributed by atoms with Crippen molar-refractivity contribution in [3.63, 3.8) is 0 Å². The summed E-state index contributed by atoms with van der Waals surface area (Å²) in [6, 6.07) is 0. The van der Waals surface area contributed by atoms with Crippen LogP contribution in [-0.2, 0) is 15.0 Å². The molecule has 118 valence electrons. The summed E-state index contributed by atoms with van der Waals surface area (Å²) in [5.74, 6) is -1.06. The second-order valence-corrected chi connectivity index (χ2v) is 7.37. The Labute approximate surface area is 121 Å². The van der Waals surface area contributed by atoms with Crippen molar-refractivity contribution < 1.29 is 18.3 Å². The highest BCUT2D eigenvalue weighted by atomic mass is 32.2. The molecule has 20 heavy (non-hydrogen) atoms. The maximum atomic E-state index is 12.8. The lowest BCUT2D eigenvalue weighted by molar-refractivity contribution is -0.149. The summed E-state index contributed by atoms with van der Waals surface area (Å²) in [6.07, 6.45) is 3.27. The van der Waals surface area contributed by atoms with Gasteiger partial charge in [0.25, 0.3) is 10.2 Å². The van der Waals surface area contributed by atoms with Gasteiger partial charge >= 0.3 is 5.97 Å². The summed E-state index contributed by atoms with van der Waals surface area (Å²) in [4.78, 5) is 11.5. The number of hydrogen-bond donors (Lipinski definition) is 1. The van der Waals surface area contributed by atoms with E-state index in [1.165, 1.54) is 15.5 Å². The Morgan fingerprint density at radius 2 is 1.80 bits per heavy atom. The number of aliphatic carboxylic acids is 1. The monoisotopic (exact) mass is 306 g/mol. The third-order valence-electron chi connectivity index (χ3n) is 3.84. The Kier molecular flexibility index (Phi) is 5.97. The highest BCUT2D eigenvalue weighted by Gasteiger charge is 2.48. The molecule has 1 aliphatic rings. The zero-order valence-corrected chi connectivity index (χ0v) is 13.4. The zero-order chi connectivity index (χ0) is 15.4. The van der Waals surface area contributed by atoms with Gasteiger partial charge in [-0.05, 0) is 39.0 Å². The Morgan fingerprint density at radius 1 is 1.25 bits per heavy atom. The molecular weight excluding hydrogens is 280 g/mol. The number of piperidine rings is 1. The van der Waals surface area contributed by atoms with Crippen molar-refractivity contribution in [2.24, 2.45) is 0 Å². The third kappa shape index (κ3) is 3.32. The molecule has 0 aromatic carbocycles. The molecule has 1 heterocycles. The van der Waals surface area contributed by atoms with Crippen LogP contribution in [0.3, 0.4) is 0 Å². The molecule has 0 aromatic heterocycles. The molecule has 7 heteroatoms. The number of nitrogens with zero attached hydrogens (tertiary/aromatic N) is 2. The highest BCUT2D eigenvalue weighted by molar-refractivity contribution is 7.86. The van der Waals surface area contributed by atoms with Gasteiger partial charge < -0.3 is 5.11 Å². The molecule has 0 bridgehead atoms. The smallest absolute Gasteiger partial charge is 0.324 e. The molecule has 0 spiro atoms. The SMILES string of the molecule is CCCN(CCC)S(=O)(=O)N1CCCCC1(C)C(=O)O. The lowest BCUT2D eigenvalue weighted by Gasteiger charge is -2.42. The maximum Gasteiger partial charge on any atom is 0.324 e. The fourth-order valence-electron chi connectivity index (χ4n) is 2.66. The molecule has 1 saturated heterocycles. The van der Waals surface area contributed by atoms with E-state index >= 15 is 0 Å². The van der Waals surface area contributed by atoms with Gasteiger partial charge in [0.05, 0.1) is 0 Å². The van der Waals surface area contributed by atoms with Crippen LogP contribution in [-0.4, -0.2) is 53.3 Å². The molecule has 0 aromatic rings. The van der Waals surface area contributed by atoms with Crippen LogP contribution in [0.5, 0.6) is 0 Å². The van der Waals surface area contributed by atoms with Gasteiger partial charge in [-0.15, -0.1) is 0 Å². The van der Waals surface area contributed by atoms with E-state index in [-0.39, 0.29) is 6.54 Å². The zero-order valence-electron chi connectivity index (χ0n) is 12.6. The fourth-order valence-corrected chi connectivity index (χ4v) is 4.80. The van der Waals surface area contributed by atoms with Crippen molar-refractivity contribution in [1.29, 1.82) is 0 Å². The van der Waals surface area contributed by atoms with Gasteiger partial charge in [0.15, 0.2) is 0 Å². The lowest BCUT2D eigenvalue weighted by Crippen LogP contribution is -2.60. The van der Waals surface area contributed by atoms with Crippen molar-refractivity contribution >= 4 is 16.2 Å². The molecule has 1 N–H and O–H groups in total. The molecule has 0 radical (unpaired) electrons. The van der Waals surface area contributed by atoms with Gasteiger partial charge in [-0.1, -0.05) is 13.8 Å². The standard InChI is InChI=1S/C13H26N2O4S/c1-4-9-14(10-5-2)20(18,19)15-11-7-6-8-13(15,3)12(16)17/h4-11H2,1-3H3,(H,16,17). The molecule has 1 atom stereocenters. The molecular formula is C13H26N2O4S. The molecule has 1 fully saturated rings. The minimum Gasteiger partial charge on any atom is -0.480 e. The van der Waals surface area contributed by atoms with E-state index in [1.54, 1.807) is 0 Å². The van der Waals surface area contributed by atoms with E-state index in [4.69, 9.17) is 0 Å². The topological polar surface area (TPSA) is 77.9 Å². The van der Waals surface area contributed by atoms with Gasteiger partial charge in [-0.25, -0.2) is 0 Å². The predicted octanol–water partition coefficient (Wildman–Crippen LogP) is 1.68. The van der Waals surface area contributed by atoms with Crippen LogP contribution >= 0.6 is 0 Å². The van der Waals surface area contributed by atoms with Gasteiger partial charge in [-0.3, -0.25) is 4.79 Å². The second-order valence-electron chi connectivity index (χ2n) is 5.52. The number of rotatable bonds is 7. The third-order valence-corrected chi connectivity index (χ3v) is 6.00. The minimum atomic E-state index is -3.72. The Morgan fingerprint density at radius 3 is 2.25 bits per heavy atom. The summed E-state index contributed by atoms with van der Waals surface area (Å²) in [6.45, 7) is 6.51. The molecule has 1 rings (SSSR count). The van der Waals surface area contributed by atoms with E-state index in [1.807, 2.05) is 13.8 Å². The van der Waals surface area contributed by atoms with Crippen molar-refractivity contribution in [3.05, 3.63) is 0 Å². The van der Waals surface area contributed by atoms with Crippen LogP contribution in [0.1, 0.15) is 52.9 Å². The Bertz CT molecular complexity index is 432. The number of carboxylic acids is 1. The average molecular weight is 306 g/mol. The van der Waals surface area contributed by atoms with Gasteiger partial charge in [0, 0.05) is 19.6 Å². The van der Waals surface area contributed by atoms with Crippen molar-refractivity contribution in [2.45, 2.75) is 58.4 Å². The molecule has 0 amide bonds. The number of hydrogen-bond acceptors (Lipinski definition) is 3. The fraction of sp³-hybridized carbons (Fsp3) is 0.923. The predicted molar refractivity (Wildman–Crippen MR) is 77.7 cm³/mol. The van der Waals surface area contributed by atoms with Gasteiger partial charge in [0.2, 0.25) is 0 Å². The second kappa shape index (κ2) is 6.87. The van der Waals surface area contributed by atoms with Crippen molar-refractivity contribution in [2.75, 3.05) is 19.6 Å². The van der Waals surface area contributed by atoms with Gasteiger partial charge in [-0.2, -0.15) is 17.0 Å². The molecule has 0 saturated carbocycles. The molecule has 1 aliphatic heterocycles. The number of carboxylic acid groups (broad SMARTS) is 1. The largest absolute Gasteiger partial charge is 0.480 e. The average Bonchev–Trinajstić information content (AvgIpc) is 2.38. The van der Waals surface area contributed by atoms with Crippen LogP contribution < -0.4 is 0 Å². The minimum absolute atomic E-state index is 0.287. The van der Waals surface area contributed by atoms with Crippen LogP contribution in [0.4, 0.5) is 0 Å². The first-order valence-corrected chi connectivity index (χ1v) is 8.71. The summed E-state index contributed by atoms with van der Waals surface area (Å²) in [5, 5.41) is 9.45. The normalized spacial score (nSPS) is 25.0. The van der Waals surface area contributed by atoms with E-state index in [9.17, 15) is 18.3 Å². The first-order chi connectivity index (χ1) is 9.30. The van der Waals surface area contributed by atoms with Gasteiger partial charge in [0.1, 0.15) is 5.54 Å². The Hall–Kier alpha value is -0.660. The first kappa shape index (κ1) is 17.4. The summed E-state index contributed by atoms with van der Waals surface area (Å²) >= 11 is 0. The van der Waals surface area contributed by atoms with Crippen LogP contribution in [0.25, 0.3) is 0 Å². The van der Waals surface area contributed by atoms with E-state index < -0.39 is 21.7 Å². The van der Waals surface area contributed by atoms with E-state index in [0.29, 0.717) is 25.9 Å². The Balaban J connectivity index is 3.12. The van der Waals surface area contributed by atoms with Crippen molar-refractivity contribution in [3.8, 4) is 0 Å². The summed E-state index contributed by atoms with van der Waals surface area (Å²) in [7, 11) is -3.72.